The van der Waals surface area contributed by atoms with Crippen molar-refractivity contribution >= 4 is 17.9 Å². The van der Waals surface area contributed by atoms with Gasteiger partial charge in [-0.1, -0.05) is 11.6 Å². The van der Waals surface area contributed by atoms with E-state index in [2.05, 4.69) is 0 Å². The number of carbonyl (C=O) groups is 1. The van der Waals surface area contributed by atoms with Crippen LogP contribution in [0.1, 0.15) is 10.4 Å². The van der Waals surface area contributed by atoms with Gasteiger partial charge in [0.25, 0.3) is 0 Å². The van der Waals surface area contributed by atoms with Crippen LogP contribution in [0, 0.1) is 11.6 Å². The van der Waals surface area contributed by atoms with Crippen molar-refractivity contribution in [3.8, 4) is 0 Å². The molecule has 1 nitrogen and oxygen atoms in total. The first kappa shape index (κ1) is 8.14. The molecular weight excluding hydrogens is 174 g/mol. The molecule has 0 fully saturated rings. The molecule has 0 heterocycles. The van der Waals surface area contributed by atoms with Crippen LogP contribution in [-0.4, -0.2) is 6.29 Å². The van der Waals surface area contributed by atoms with E-state index >= 15 is 0 Å². The van der Waals surface area contributed by atoms with Gasteiger partial charge in [-0.25, -0.2) is 8.78 Å². The molecular formula is C7H3ClF2O. The smallest absolute Gasteiger partial charge is 0.150 e. The third-order valence-corrected chi connectivity index (χ3v) is 1.50. The van der Waals surface area contributed by atoms with E-state index in [4.69, 9.17) is 11.6 Å². The second-order valence-corrected chi connectivity index (χ2v) is 2.29. The van der Waals surface area contributed by atoms with Crippen LogP contribution >= 0.6 is 11.6 Å². The lowest BCUT2D eigenvalue weighted by molar-refractivity contribution is 0.112. The Bertz CT molecular complexity index is 275. The van der Waals surface area contributed by atoms with Gasteiger partial charge in [-0.2, -0.15) is 0 Å². The summed E-state index contributed by atoms with van der Waals surface area (Å²) in [4.78, 5) is 10.0. The Labute approximate surface area is 66.6 Å². The van der Waals surface area contributed by atoms with E-state index in [-0.39, 0.29) is 5.56 Å². The summed E-state index contributed by atoms with van der Waals surface area (Å²) in [5, 5.41) is -0.587. The third kappa shape index (κ3) is 1.54. The first-order valence-corrected chi connectivity index (χ1v) is 3.12. The Morgan fingerprint density at radius 2 is 1.73 bits per heavy atom. The SMILES string of the molecule is O=Cc1cc(F)c(Cl)c(F)c1. The van der Waals surface area contributed by atoms with E-state index in [1.807, 2.05) is 0 Å². The van der Waals surface area contributed by atoms with Crippen LogP contribution in [0.25, 0.3) is 0 Å². The second-order valence-electron chi connectivity index (χ2n) is 1.92. The van der Waals surface area contributed by atoms with Crippen LogP contribution in [0.5, 0.6) is 0 Å². The van der Waals surface area contributed by atoms with Crippen molar-refractivity contribution in [2.45, 2.75) is 0 Å². The molecule has 0 amide bonds. The summed E-state index contributed by atoms with van der Waals surface area (Å²) in [7, 11) is 0. The summed E-state index contributed by atoms with van der Waals surface area (Å²) in [6.45, 7) is 0. The van der Waals surface area contributed by atoms with Crippen molar-refractivity contribution in [1.29, 1.82) is 0 Å². The Morgan fingerprint density at radius 3 is 2.09 bits per heavy atom. The monoisotopic (exact) mass is 176 g/mol. The number of rotatable bonds is 1. The van der Waals surface area contributed by atoms with E-state index in [0.717, 1.165) is 12.1 Å². The molecule has 58 valence electrons. The van der Waals surface area contributed by atoms with Gasteiger partial charge in [0.1, 0.15) is 22.9 Å². The number of halogens is 3. The molecule has 0 radical (unpaired) electrons. The first-order chi connectivity index (χ1) is 5.15. The lowest BCUT2D eigenvalue weighted by Gasteiger charge is -1.96. The highest BCUT2D eigenvalue weighted by Gasteiger charge is 2.07. The molecule has 0 bridgehead atoms. The van der Waals surface area contributed by atoms with Gasteiger partial charge in [-0.3, -0.25) is 4.79 Å². The normalized spacial score (nSPS) is 9.73. The zero-order valence-electron chi connectivity index (χ0n) is 5.27. The molecule has 0 N–H and O–H groups in total. The summed E-state index contributed by atoms with van der Waals surface area (Å²) in [5.74, 6) is -1.84. The van der Waals surface area contributed by atoms with Crippen LogP contribution in [0.15, 0.2) is 12.1 Å². The fourth-order valence-corrected chi connectivity index (χ4v) is 0.752. The van der Waals surface area contributed by atoms with Gasteiger partial charge in [0.05, 0.1) is 0 Å². The average Bonchev–Trinajstić information content (AvgIpc) is 1.99. The summed E-state index contributed by atoms with van der Waals surface area (Å²) < 4.78 is 25.0. The summed E-state index contributed by atoms with van der Waals surface area (Å²) in [6, 6.07) is 1.75. The van der Waals surface area contributed by atoms with Gasteiger partial charge in [0.15, 0.2) is 0 Å². The fourth-order valence-electron chi connectivity index (χ4n) is 0.643. The van der Waals surface area contributed by atoms with Gasteiger partial charge in [-0.15, -0.1) is 0 Å². The first-order valence-electron chi connectivity index (χ1n) is 2.75. The fraction of sp³-hybridized carbons (Fsp3) is 0. The van der Waals surface area contributed by atoms with Gasteiger partial charge in [-0.05, 0) is 12.1 Å². The number of hydrogen-bond donors (Lipinski definition) is 0. The minimum absolute atomic E-state index is 0.0654. The molecule has 0 atom stereocenters. The largest absolute Gasteiger partial charge is 0.298 e. The molecule has 4 heteroatoms. The molecule has 0 saturated heterocycles. The predicted molar refractivity (Wildman–Crippen MR) is 36.8 cm³/mol. The van der Waals surface area contributed by atoms with Gasteiger partial charge >= 0.3 is 0 Å². The lowest BCUT2D eigenvalue weighted by Crippen LogP contribution is -1.88. The van der Waals surface area contributed by atoms with Crippen molar-refractivity contribution in [3.63, 3.8) is 0 Å². The number of benzene rings is 1. The van der Waals surface area contributed by atoms with Crippen LogP contribution in [0.2, 0.25) is 5.02 Å². The quantitative estimate of drug-likeness (QED) is 0.475. The van der Waals surface area contributed by atoms with E-state index in [1.54, 1.807) is 0 Å². The van der Waals surface area contributed by atoms with Crippen molar-refractivity contribution in [3.05, 3.63) is 34.4 Å². The zero-order valence-corrected chi connectivity index (χ0v) is 6.03. The molecule has 0 saturated carbocycles. The van der Waals surface area contributed by atoms with Crippen LogP contribution in [0.4, 0.5) is 8.78 Å². The molecule has 0 unspecified atom stereocenters. The molecule has 0 aliphatic heterocycles. The van der Waals surface area contributed by atoms with E-state index in [0.29, 0.717) is 6.29 Å². The molecule has 0 aliphatic carbocycles. The summed E-state index contributed by atoms with van der Waals surface area (Å²) in [5.41, 5.74) is -0.0654. The highest BCUT2D eigenvalue weighted by atomic mass is 35.5. The molecule has 0 aliphatic rings. The maximum atomic E-state index is 12.5. The molecule has 1 aromatic rings. The lowest BCUT2D eigenvalue weighted by atomic mass is 10.2. The Kier molecular flexibility index (Phi) is 2.19. The molecule has 0 spiro atoms. The molecule has 11 heavy (non-hydrogen) atoms. The van der Waals surface area contributed by atoms with E-state index < -0.39 is 16.7 Å². The second kappa shape index (κ2) is 2.96. The maximum absolute atomic E-state index is 12.5. The predicted octanol–water partition coefficient (Wildman–Crippen LogP) is 2.43. The van der Waals surface area contributed by atoms with Gasteiger partial charge in [0, 0.05) is 5.56 Å². The summed E-state index contributed by atoms with van der Waals surface area (Å²) in [6.07, 6.45) is 0.350. The summed E-state index contributed by atoms with van der Waals surface area (Å²) >= 11 is 5.14. The van der Waals surface area contributed by atoms with Crippen LogP contribution in [0.3, 0.4) is 0 Å². The highest BCUT2D eigenvalue weighted by Crippen LogP contribution is 2.19. The number of hydrogen-bond acceptors (Lipinski definition) is 1. The molecule has 1 rings (SSSR count). The van der Waals surface area contributed by atoms with Crippen LogP contribution < -0.4 is 0 Å². The van der Waals surface area contributed by atoms with Crippen molar-refractivity contribution in [2.75, 3.05) is 0 Å². The average molecular weight is 177 g/mol. The zero-order chi connectivity index (χ0) is 8.43. The van der Waals surface area contributed by atoms with Crippen molar-refractivity contribution in [1.82, 2.24) is 0 Å². The van der Waals surface area contributed by atoms with Gasteiger partial charge < -0.3 is 0 Å². The van der Waals surface area contributed by atoms with Gasteiger partial charge in [0.2, 0.25) is 0 Å². The van der Waals surface area contributed by atoms with E-state index in [9.17, 15) is 13.6 Å². The Balaban J connectivity index is 3.31. The topological polar surface area (TPSA) is 17.1 Å². The number of aldehydes is 1. The third-order valence-electron chi connectivity index (χ3n) is 1.14. The van der Waals surface area contributed by atoms with Crippen molar-refractivity contribution in [2.24, 2.45) is 0 Å². The molecule has 1 aromatic carbocycles. The highest BCUT2D eigenvalue weighted by molar-refractivity contribution is 6.30. The maximum Gasteiger partial charge on any atom is 0.150 e. The Hall–Kier alpha value is -0.960. The standard InChI is InChI=1S/C7H3ClF2O/c8-7-5(9)1-4(3-11)2-6(7)10/h1-3H. The minimum atomic E-state index is -0.922. The number of carbonyl (C=O) groups excluding carboxylic acids is 1. The van der Waals surface area contributed by atoms with Crippen molar-refractivity contribution < 1.29 is 13.6 Å². The Morgan fingerprint density at radius 1 is 1.27 bits per heavy atom. The van der Waals surface area contributed by atoms with E-state index in [1.165, 1.54) is 0 Å². The molecule has 0 aromatic heterocycles. The van der Waals surface area contributed by atoms with Crippen LogP contribution in [-0.2, 0) is 0 Å². The minimum Gasteiger partial charge on any atom is -0.298 e.